The smallest absolute Gasteiger partial charge is 0.326 e. The molecule has 2 N–H and O–H groups in total. The number of aryl methyl sites for hydroxylation is 1. The molecule has 0 radical (unpaired) electrons. The highest BCUT2D eigenvalue weighted by Gasteiger charge is 2.22. The van der Waals surface area contributed by atoms with E-state index < -0.39 is 17.9 Å². The van der Waals surface area contributed by atoms with Gasteiger partial charge in [0, 0.05) is 12.0 Å². The van der Waals surface area contributed by atoms with Gasteiger partial charge in [-0.15, -0.1) is 0 Å². The zero-order valence-electron chi connectivity index (χ0n) is 15.0. The second-order valence-electron chi connectivity index (χ2n) is 6.29. The Morgan fingerprint density at radius 1 is 1.07 bits per heavy atom. The Balaban J connectivity index is 1.93. The number of carbonyl (C=O) groups excluding carboxylic acids is 1. The number of carbonyl (C=O) groups is 2. The third-order valence-corrected chi connectivity index (χ3v) is 4.25. The molecular formula is C21H21NO5. The fourth-order valence-electron chi connectivity index (χ4n) is 2.79. The molecule has 0 aliphatic carbocycles. The molecule has 0 saturated heterocycles. The summed E-state index contributed by atoms with van der Waals surface area (Å²) in [5, 5.41) is 12.1. The van der Waals surface area contributed by atoms with E-state index >= 15 is 0 Å². The van der Waals surface area contributed by atoms with E-state index in [1.807, 2.05) is 18.2 Å². The van der Waals surface area contributed by atoms with E-state index in [1.54, 1.807) is 43.3 Å². The van der Waals surface area contributed by atoms with Crippen molar-refractivity contribution in [2.24, 2.45) is 0 Å². The number of fused-ring (bicyclic) bond motifs is 4. The van der Waals surface area contributed by atoms with E-state index in [9.17, 15) is 14.7 Å². The van der Waals surface area contributed by atoms with Crippen LogP contribution >= 0.6 is 0 Å². The maximum Gasteiger partial charge on any atom is 0.326 e. The largest absolute Gasteiger partial charge is 0.490 e. The molecule has 6 nitrogen and oxygen atoms in total. The lowest BCUT2D eigenvalue weighted by Crippen LogP contribution is -2.42. The molecule has 0 fully saturated rings. The van der Waals surface area contributed by atoms with Crippen LogP contribution < -0.4 is 14.8 Å². The van der Waals surface area contributed by atoms with Crippen molar-refractivity contribution in [3.8, 4) is 11.5 Å². The summed E-state index contributed by atoms with van der Waals surface area (Å²) in [5.74, 6) is -0.355. The molecule has 1 atom stereocenters. The minimum atomic E-state index is -1.09. The predicted octanol–water partition coefficient (Wildman–Crippen LogP) is 2.75. The second-order valence-corrected chi connectivity index (χ2v) is 6.29. The summed E-state index contributed by atoms with van der Waals surface area (Å²) < 4.78 is 11.3. The Bertz CT molecular complexity index is 875. The van der Waals surface area contributed by atoms with Crippen molar-refractivity contribution in [1.29, 1.82) is 0 Å². The molecule has 6 heteroatoms. The van der Waals surface area contributed by atoms with E-state index in [-0.39, 0.29) is 6.42 Å². The third kappa shape index (κ3) is 4.88. The number of hydrogen-bond acceptors (Lipinski definition) is 4. The molecule has 3 rings (SSSR count). The molecule has 2 aromatic carbocycles. The van der Waals surface area contributed by atoms with Crippen molar-refractivity contribution in [1.82, 2.24) is 5.32 Å². The summed E-state index contributed by atoms with van der Waals surface area (Å²) in [4.78, 5) is 24.3. The zero-order chi connectivity index (χ0) is 19.2. The number of benzene rings is 2. The van der Waals surface area contributed by atoms with Crippen molar-refractivity contribution < 1.29 is 24.2 Å². The number of nitrogens with one attached hydrogen (secondary N) is 1. The number of rotatable bonds is 1. The molecule has 0 aromatic heterocycles. The predicted molar refractivity (Wildman–Crippen MR) is 100 cm³/mol. The van der Waals surface area contributed by atoms with Crippen LogP contribution in [-0.4, -0.2) is 36.2 Å². The summed E-state index contributed by atoms with van der Waals surface area (Å²) in [5.41, 5.74) is 1.91. The molecule has 140 valence electrons. The first-order valence-corrected chi connectivity index (χ1v) is 8.67. The van der Waals surface area contributed by atoms with Gasteiger partial charge in [0.1, 0.15) is 30.8 Å². The van der Waals surface area contributed by atoms with E-state index in [1.165, 1.54) is 0 Å². The maximum absolute atomic E-state index is 12.7. The molecule has 1 heterocycles. The van der Waals surface area contributed by atoms with Crippen LogP contribution in [0.15, 0.2) is 54.6 Å². The Labute approximate surface area is 157 Å². The number of hydrogen-bond donors (Lipinski definition) is 2. The summed E-state index contributed by atoms with van der Waals surface area (Å²) in [6, 6.07) is 11.3. The summed E-state index contributed by atoms with van der Waals surface area (Å²) in [6.07, 6.45) is 3.85. The van der Waals surface area contributed by atoms with Crippen LogP contribution in [0.3, 0.4) is 0 Å². The van der Waals surface area contributed by atoms with Gasteiger partial charge in [0.2, 0.25) is 0 Å². The van der Waals surface area contributed by atoms with Crippen LogP contribution in [0.5, 0.6) is 11.5 Å². The first-order chi connectivity index (χ1) is 13.0. The van der Waals surface area contributed by atoms with Gasteiger partial charge in [0.15, 0.2) is 0 Å². The van der Waals surface area contributed by atoms with Gasteiger partial charge in [-0.25, -0.2) is 4.79 Å². The van der Waals surface area contributed by atoms with Crippen LogP contribution in [-0.2, 0) is 11.2 Å². The highest BCUT2D eigenvalue weighted by molar-refractivity contribution is 5.98. The van der Waals surface area contributed by atoms with E-state index in [4.69, 9.17) is 9.47 Å². The molecule has 1 amide bonds. The van der Waals surface area contributed by atoms with Crippen molar-refractivity contribution in [2.45, 2.75) is 19.4 Å². The van der Waals surface area contributed by atoms with Crippen molar-refractivity contribution in [3.05, 3.63) is 71.3 Å². The minimum absolute atomic E-state index is 0.156. The van der Waals surface area contributed by atoms with Gasteiger partial charge in [-0.05, 0) is 54.5 Å². The first-order valence-electron chi connectivity index (χ1n) is 8.67. The molecule has 1 aliphatic heterocycles. The molecule has 0 unspecified atom stereocenters. The Kier molecular flexibility index (Phi) is 5.76. The molecule has 0 saturated carbocycles. The van der Waals surface area contributed by atoms with Crippen LogP contribution in [0.2, 0.25) is 0 Å². The molecule has 4 bridgehead atoms. The number of aliphatic carboxylic acids is 1. The fraction of sp³-hybridized carbons (Fsp3) is 0.238. The van der Waals surface area contributed by atoms with Gasteiger partial charge in [0.05, 0.1) is 0 Å². The zero-order valence-corrected chi connectivity index (χ0v) is 15.0. The summed E-state index contributed by atoms with van der Waals surface area (Å²) in [6.45, 7) is 2.52. The van der Waals surface area contributed by atoms with Gasteiger partial charge in [-0.2, -0.15) is 0 Å². The first kappa shape index (κ1) is 18.5. The standard InChI is InChI=1S/C21H21NO5/c1-14-7-8-17-13-18(14)20(23)22-19(21(24)25)12-15-5-4-6-16(11-15)26-9-2-3-10-27-17/h2-8,11,13,19H,9-10,12H2,1H3,(H,22,23)(H,24,25)/b3-2+/t19-/m0/s1. The third-order valence-electron chi connectivity index (χ3n) is 4.25. The average Bonchev–Trinajstić information content (AvgIpc) is 2.64. The SMILES string of the molecule is Cc1ccc2cc1C(=O)N[C@H](C(=O)O)Cc1cccc(c1)OC/C=C/CO2. The number of amides is 1. The minimum Gasteiger partial charge on any atom is -0.490 e. The Hall–Kier alpha value is -3.28. The topological polar surface area (TPSA) is 84.9 Å². The van der Waals surface area contributed by atoms with Gasteiger partial charge < -0.3 is 19.9 Å². The normalized spacial score (nSPS) is 18.6. The van der Waals surface area contributed by atoms with Crippen LogP contribution in [0.4, 0.5) is 0 Å². The van der Waals surface area contributed by atoms with Crippen molar-refractivity contribution in [3.63, 3.8) is 0 Å². The molecule has 27 heavy (non-hydrogen) atoms. The highest BCUT2D eigenvalue weighted by Crippen LogP contribution is 2.19. The molecule has 1 aliphatic rings. The lowest BCUT2D eigenvalue weighted by atomic mass is 10.0. The number of ether oxygens (including phenoxy) is 2. The second kappa shape index (κ2) is 8.40. The van der Waals surface area contributed by atoms with Gasteiger partial charge in [-0.1, -0.05) is 18.2 Å². The molecular weight excluding hydrogens is 346 g/mol. The fourth-order valence-corrected chi connectivity index (χ4v) is 2.79. The quantitative estimate of drug-likeness (QED) is 0.757. The molecule has 2 aromatic rings. The van der Waals surface area contributed by atoms with E-state index in [0.717, 1.165) is 11.1 Å². The monoisotopic (exact) mass is 367 g/mol. The van der Waals surface area contributed by atoms with Gasteiger partial charge >= 0.3 is 5.97 Å². The maximum atomic E-state index is 12.7. The van der Waals surface area contributed by atoms with E-state index in [2.05, 4.69) is 5.32 Å². The van der Waals surface area contributed by atoms with Gasteiger partial charge in [0.25, 0.3) is 5.91 Å². The van der Waals surface area contributed by atoms with Crippen molar-refractivity contribution in [2.75, 3.05) is 13.2 Å². The van der Waals surface area contributed by atoms with E-state index in [0.29, 0.717) is 30.3 Å². The van der Waals surface area contributed by atoms with Crippen molar-refractivity contribution >= 4 is 11.9 Å². The van der Waals surface area contributed by atoms with Gasteiger partial charge in [-0.3, -0.25) is 4.79 Å². The highest BCUT2D eigenvalue weighted by atomic mass is 16.5. The lowest BCUT2D eigenvalue weighted by Gasteiger charge is -2.17. The summed E-state index contributed by atoms with van der Waals surface area (Å²) >= 11 is 0. The van der Waals surface area contributed by atoms with Crippen LogP contribution in [0, 0.1) is 6.92 Å². The number of carboxylic acid groups (broad SMARTS) is 1. The molecule has 0 spiro atoms. The summed E-state index contributed by atoms with van der Waals surface area (Å²) in [7, 11) is 0. The van der Waals surface area contributed by atoms with Crippen LogP contribution in [0.25, 0.3) is 0 Å². The Morgan fingerprint density at radius 3 is 2.48 bits per heavy atom. The Morgan fingerprint density at radius 2 is 1.78 bits per heavy atom. The van der Waals surface area contributed by atoms with Crippen LogP contribution in [0.1, 0.15) is 21.5 Å². The number of carboxylic acids is 1. The average molecular weight is 367 g/mol. The lowest BCUT2D eigenvalue weighted by molar-refractivity contribution is -0.139.